The number of hydrogen-bond donors (Lipinski definition) is 0. The zero-order valence-corrected chi connectivity index (χ0v) is 14.2. The first-order chi connectivity index (χ1) is 9.72. The fraction of sp³-hybridized carbons (Fsp3) is 0.684. The van der Waals surface area contributed by atoms with Crippen molar-refractivity contribution in [3.63, 3.8) is 0 Å². The molecule has 4 unspecified atom stereocenters. The van der Waals surface area contributed by atoms with E-state index < -0.39 is 0 Å². The molecule has 0 aliphatic heterocycles. The monoisotopic (exact) mass is 334 g/mol. The smallest absolute Gasteiger partial charge is 0.0214 e. The van der Waals surface area contributed by atoms with Crippen LogP contribution in [0.4, 0.5) is 0 Å². The van der Waals surface area contributed by atoms with Crippen LogP contribution in [0.3, 0.4) is 0 Å². The number of rotatable bonds is 3. The molecule has 0 bridgehead atoms. The lowest BCUT2D eigenvalue weighted by Crippen LogP contribution is -2.32. The molecule has 2 saturated carbocycles. The first kappa shape index (κ1) is 14.6. The van der Waals surface area contributed by atoms with Gasteiger partial charge in [-0.1, -0.05) is 71.4 Å². The Labute approximate surface area is 132 Å². The van der Waals surface area contributed by atoms with E-state index in [9.17, 15) is 0 Å². The molecule has 0 amide bonds. The second-order valence-corrected chi connectivity index (χ2v) is 8.26. The van der Waals surface area contributed by atoms with Crippen molar-refractivity contribution in [1.82, 2.24) is 0 Å². The maximum Gasteiger partial charge on any atom is 0.0214 e. The molecule has 3 rings (SSSR count). The fourth-order valence-corrected chi connectivity index (χ4v) is 5.21. The van der Waals surface area contributed by atoms with Crippen LogP contribution in [-0.4, -0.2) is 4.83 Å². The van der Waals surface area contributed by atoms with E-state index in [0.717, 1.165) is 17.8 Å². The van der Waals surface area contributed by atoms with Crippen molar-refractivity contribution in [3.05, 3.63) is 35.4 Å². The molecule has 0 aromatic heterocycles. The quantitative estimate of drug-likeness (QED) is 0.603. The maximum absolute atomic E-state index is 4.01. The first-order valence-electron chi connectivity index (χ1n) is 8.42. The number of halogens is 1. The van der Waals surface area contributed by atoms with Gasteiger partial charge < -0.3 is 0 Å². The van der Waals surface area contributed by atoms with Gasteiger partial charge in [0.25, 0.3) is 0 Å². The third-order valence-electron chi connectivity index (χ3n) is 5.64. The number of benzene rings is 1. The van der Waals surface area contributed by atoms with Crippen LogP contribution in [-0.2, 0) is 6.42 Å². The number of alkyl halides is 1. The van der Waals surface area contributed by atoms with Crippen molar-refractivity contribution in [2.75, 3.05) is 0 Å². The summed E-state index contributed by atoms with van der Waals surface area (Å²) in [5.74, 6) is 3.01. The molecule has 0 radical (unpaired) electrons. The van der Waals surface area contributed by atoms with Crippen LogP contribution >= 0.6 is 15.9 Å². The van der Waals surface area contributed by atoms with Crippen molar-refractivity contribution in [2.45, 2.75) is 63.1 Å². The van der Waals surface area contributed by atoms with Crippen LogP contribution in [0.5, 0.6) is 0 Å². The second-order valence-electron chi connectivity index (χ2n) is 7.08. The largest absolute Gasteiger partial charge is 0.0884 e. The molecular weight excluding hydrogens is 308 g/mol. The summed E-state index contributed by atoms with van der Waals surface area (Å²) in [4.78, 5) is 0.674. The zero-order valence-electron chi connectivity index (χ0n) is 12.7. The van der Waals surface area contributed by atoms with E-state index in [2.05, 4.69) is 47.1 Å². The molecule has 1 aromatic carbocycles. The van der Waals surface area contributed by atoms with Crippen molar-refractivity contribution in [1.29, 1.82) is 0 Å². The molecule has 1 heteroatoms. The fourth-order valence-electron chi connectivity index (χ4n) is 4.35. The molecule has 2 aliphatic rings. The highest BCUT2D eigenvalue weighted by atomic mass is 79.9. The Morgan fingerprint density at radius 2 is 1.70 bits per heavy atom. The summed E-state index contributed by atoms with van der Waals surface area (Å²) < 4.78 is 0. The Morgan fingerprint density at radius 3 is 2.45 bits per heavy atom. The van der Waals surface area contributed by atoms with Gasteiger partial charge in [-0.3, -0.25) is 0 Å². The minimum atomic E-state index is 0.674. The molecule has 0 heterocycles. The zero-order chi connectivity index (χ0) is 13.9. The van der Waals surface area contributed by atoms with Crippen molar-refractivity contribution in [3.8, 4) is 0 Å². The first-order valence-corrected chi connectivity index (χ1v) is 9.33. The Bertz CT molecular complexity index is 422. The number of fused-ring (bicyclic) bond motifs is 1. The summed E-state index contributed by atoms with van der Waals surface area (Å²) in [7, 11) is 0. The summed E-state index contributed by atoms with van der Waals surface area (Å²) >= 11 is 4.01. The molecule has 1 aromatic rings. The molecule has 0 nitrogen and oxygen atoms in total. The van der Waals surface area contributed by atoms with Gasteiger partial charge in [0.1, 0.15) is 0 Å². The minimum absolute atomic E-state index is 0.674. The number of hydrogen-bond acceptors (Lipinski definition) is 0. The van der Waals surface area contributed by atoms with E-state index in [-0.39, 0.29) is 0 Å². The van der Waals surface area contributed by atoms with Gasteiger partial charge in [-0.25, -0.2) is 0 Å². The molecule has 20 heavy (non-hydrogen) atoms. The molecular formula is C19H27Br. The van der Waals surface area contributed by atoms with Gasteiger partial charge in [0, 0.05) is 4.83 Å². The molecule has 4 atom stereocenters. The average Bonchev–Trinajstić information content (AvgIpc) is 2.49. The lowest BCUT2D eigenvalue weighted by atomic mass is 9.66. The summed E-state index contributed by atoms with van der Waals surface area (Å²) in [6.07, 6.45) is 11.6. The molecule has 0 N–H and O–H groups in total. The predicted molar refractivity (Wildman–Crippen MR) is 90.4 cm³/mol. The molecule has 0 saturated heterocycles. The van der Waals surface area contributed by atoms with Crippen molar-refractivity contribution in [2.24, 2.45) is 17.8 Å². The van der Waals surface area contributed by atoms with E-state index >= 15 is 0 Å². The lowest BCUT2D eigenvalue weighted by molar-refractivity contribution is 0.129. The van der Waals surface area contributed by atoms with Crippen LogP contribution in [0.15, 0.2) is 24.3 Å². The van der Waals surface area contributed by atoms with Crippen LogP contribution in [0.1, 0.15) is 56.1 Å². The van der Waals surface area contributed by atoms with E-state index in [4.69, 9.17) is 0 Å². The Balaban J connectivity index is 1.57. The Kier molecular flexibility index (Phi) is 4.86. The molecule has 0 spiro atoms. The van der Waals surface area contributed by atoms with E-state index in [0.29, 0.717) is 4.83 Å². The molecule has 2 aliphatic carbocycles. The highest BCUT2D eigenvalue weighted by molar-refractivity contribution is 9.09. The average molecular weight is 335 g/mol. The molecule has 110 valence electrons. The van der Waals surface area contributed by atoms with Gasteiger partial charge in [-0.05, 0) is 55.9 Å². The Morgan fingerprint density at radius 1 is 1.00 bits per heavy atom. The maximum atomic E-state index is 4.01. The van der Waals surface area contributed by atoms with Gasteiger partial charge in [0.2, 0.25) is 0 Å². The van der Waals surface area contributed by atoms with Crippen LogP contribution < -0.4 is 0 Å². The van der Waals surface area contributed by atoms with Crippen LogP contribution in [0.25, 0.3) is 0 Å². The van der Waals surface area contributed by atoms with Crippen LogP contribution in [0.2, 0.25) is 0 Å². The minimum Gasteiger partial charge on any atom is -0.0884 e. The topological polar surface area (TPSA) is 0 Å². The standard InChI is InChI=1S/C19H27Br/c1-14-6-8-15(9-7-14)12-19(20)18-11-10-16-4-2-3-5-17(16)13-18/h6-9,16-19H,2-5,10-13H2,1H3. The summed E-state index contributed by atoms with van der Waals surface area (Å²) in [5.41, 5.74) is 2.85. The van der Waals surface area contributed by atoms with Crippen molar-refractivity contribution < 1.29 is 0 Å². The normalized spacial score (nSPS) is 31.6. The summed E-state index contributed by atoms with van der Waals surface area (Å²) in [6.45, 7) is 2.17. The number of aryl methyl sites for hydroxylation is 1. The van der Waals surface area contributed by atoms with E-state index in [1.165, 1.54) is 62.5 Å². The van der Waals surface area contributed by atoms with E-state index in [1.54, 1.807) is 0 Å². The highest BCUT2D eigenvalue weighted by Crippen LogP contribution is 2.45. The lowest BCUT2D eigenvalue weighted by Gasteiger charge is -2.41. The highest BCUT2D eigenvalue weighted by Gasteiger charge is 2.34. The Hall–Kier alpha value is -0.300. The van der Waals surface area contributed by atoms with Gasteiger partial charge >= 0.3 is 0 Å². The van der Waals surface area contributed by atoms with Gasteiger partial charge in [-0.2, -0.15) is 0 Å². The third kappa shape index (κ3) is 3.47. The van der Waals surface area contributed by atoms with E-state index in [1.807, 2.05) is 0 Å². The van der Waals surface area contributed by atoms with Crippen LogP contribution in [0, 0.1) is 24.7 Å². The SMILES string of the molecule is Cc1ccc(CC(Br)C2CCC3CCCCC3C2)cc1. The summed E-state index contributed by atoms with van der Waals surface area (Å²) in [5, 5.41) is 0. The van der Waals surface area contributed by atoms with Crippen molar-refractivity contribution >= 4 is 15.9 Å². The molecule has 2 fully saturated rings. The predicted octanol–water partition coefficient (Wildman–Crippen LogP) is 5.91. The van der Waals surface area contributed by atoms with Gasteiger partial charge in [0.05, 0.1) is 0 Å². The second kappa shape index (κ2) is 6.64. The summed E-state index contributed by atoms with van der Waals surface area (Å²) in [6, 6.07) is 9.09. The van der Waals surface area contributed by atoms with Gasteiger partial charge in [-0.15, -0.1) is 0 Å². The van der Waals surface area contributed by atoms with Gasteiger partial charge in [0.15, 0.2) is 0 Å². The third-order valence-corrected chi connectivity index (χ3v) is 6.71.